The Kier molecular flexibility index (Phi) is 5.69. The molecule has 6 heteroatoms. The van der Waals surface area contributed by atoms with E-state index in [0.29, 0.717) is 4.88 Å². The van der Waals surface area contributed by atoms with Gasteiger partial charge in [0.05, 0.1) is 15.8 Å². The van der Waals surface area contributed by atoms with Crippen LogP contribution < -0.4 is 10.8 Å². The fourth-order valence-electron chi connectivity index (χ4n) is 2.86. The first-order chi connectivity index (χ1) is 13.0. The summed E-state index contributed by atoms with van der Waals surface area (Å²) in [5.41, 5.74) is 6.02. The molecular weight excluding hydrogens is 360 g/mol. The Balaban J connectivity index is 1.76. The van der Waals surface area contributed by atoms with Crippen molar-refractivity contribution in [2.45, 2.75) is 19.9 Å². The number of amides is 2. The average molecular weight is 380 g/mol. The summed E-state index contributed by atoms with van der Waals surface area (Å²) in [5.74, 6) is -0.885. The van der Waals surface area contributed by atoms with Gasteiger partial charge in [0.2, 0.25) is 0 Å². The third-order valence-corrected chi connectivity index (χ3v) is 5.43. The van der Waals surface area contributed by atoms with Gasteiger partial charge in [0.15, 0.2) is 0 Å². The van der Waals surface area contributed by atoms with Gasteiger partial charge in [-0.3, -0.25) is 14.8 Å². The number of hydrogen-bond donors (Lipinski definition) is 3. The molecule has 138 valence electrons. The van der Waals surface area contributed by atoms with Crippen molar-refractivity contribution in [2.24, 2.45) is 0 Å². The van der Waals surface area contributed by atoms with Gasteiger partial charge < -0.3 is 5.32 Å². The number of hydrogen-bond acceptors (Lipinski definition) is 4. The minimum atomic E-state index is -0.627. The summed E-state index contributed by atoms with van der Waals surface area (Å²) in [5, 5.41) is 11.6. The second-order valence-corrected chi connectivity index (χ2v) is 7.32. The SMILES string of the molecule is Cc1ccccc1-c1cccc(C(C)NC(=O)c2ccc(C(=O)NO)s2)c1. The number of nitrogens with one attached hydrogen (secondary N) is 2. The molecular formula is C21H20N2O3S. The molecule has 0 saturated heterocycles. The lowest BCUT2D eigenvalue weighted by Crippen LogP contribution is -2.25. The van der Waals surface area contributed by atoms with E-state index in [-0.39, 0.29) is 16.8 Å². The number of hydroxylamine groups is 1. The lowest BCUT2D eigenvalue weighted by molar-refractivity contribution is 0.0711. The van der Waals surface area contributed by atoms with E-state index in [9.17, 15) is 9.59 Å². The van der Waals surface area contributed by atoms with Gasteiger partial charge in [-0.1, -0.05) is 42.5 Å². The molecule has 0 bridgehead atoms. The predicted octanol–water partition coefficient (Wildman–Crippen LogP) is 4.33. The number of aryl methyl sites for hydroxylation is 1. The van der Waals surface area contributed by atoms with Crippen molar-refractivity contribution in [3.8, 4) is 11.1 Å². The molecule has 0 aliphatic rings. The maximum atomic E-state index is 12.5. The summed E-state index contributed by atoms with van der Waals surface area (Å²) in [4.78, 5) is 24.6. The van der Waals surface area contributed by atoms with Crippen molar-refractivity contribution in [2.75, 3.05) is 0 Å². The number of rotatable bonds is 5. The van der Waals surface area contributed by atoms with Crippen LogP contribution in [0, 0.1) is 6.92 Å². The van der Waals surface area contributed by atoms with Crippen LogP contribution in [-0.4, -0.2) is 17.0 Å². The van der Waals surface area contributed by atoms with E-state index in [4.69, 9.17) is 5.21 Å². The van der Waals surface area contributed by atoms with Gasteiger partial charge in [0.1, 0.15) is 0 Å². The van der Waals surface area contributed by atoms with E-state index in [1.807, 2.05) is 31.2 Å². The molecule has 0 aliphatic heterocycles. The van der Waals surface area contributed by atoms with E-state index in [1.165, 1.54) is 11.6 Å². The molecule has 0 spiro atoms. The highest BCUT2D eigenvalue weighted by Crippen LogP contribution is 2.26. The average Bonchev–Trinajstić information content (AvgIpc) is 3.18. The molecule has 2 amide bonds. The van der Waals surface area contributed by atoms with Gasteiger partial charge in [0, 0.05) is 0 Å². The molecule has 1 atom stereocenters. The lowest BCUT2D eigenvalue weighted by Gasteiger charge is -2.15. The van der Waals surface area contributed by atoms with E-state index in [2.05, 4.69) is 36.5 Å². The molecule has 0 aliphatic carbocycles. The third-order valence-electron chi connectivity index (χ3n) is 4.35. The predicted molar refractivity (Wildman–Crippen MR) is 106 cm³/mol. The Labute approximate surface area is 161 Å². The summed E-state index contributed by atoms with van der Waals surface area (Å²) in [6.07, 6.45) is 0. The fraction of sp³-hybridized carbons (Fsp3) is 0.143. The van der Waals surface area contributed by atoms with Crippen LogP contribution >= 0.6 is 11.3 Å². The van der Waals surface area contributed by atoms with Gasteiger partial charge in [-0.05, 0) is 54.3 Å². The Morgan fingerprint density at radius 2 is 1.67 bits per heavy atom. The Morgan fingerprint density at radius 3 is 2.37 bits per heavy atom. The highest BCUT2D eigenvalue weighted by molar-refractivity contribution is 7.15. The molecule has 3 N–H and O–H groups in total. The first-order valence-electron chi connectivity index (χ1n) is 8.50. The second-order valence-electron chi connectivity index (χ2n) is 6.24. The molecule has 0 fully saturated rings. The normalized spacial score (nSPS) is 11.7. The quantitative estimate of drug-likeness (QED) is 0.455. The maximum Gasteiger partial charge on any atom is 0.284 e. The summed E-state index contributed by atoms with van der Waals surface area (Å²) in [7, 11) is 0. The van der Waals surface area contributed by atoms with Crippen molar-refractivity contribution in [3.63, 3.8) is 0 Å². The summed E-state index contributed by atoms with van der Waals surface area (Å²) >= 11 is 1.03. The zero-order valence-electron chi connectivity index (χ0n) is 15.0. The van der Waals surface area contributed by atoms with Crippen LogP contribution in [0.5, 0.6) is 0 Å². The molecule has 5 nitrogen and oxygen atoms in total. The zero-order chi connectivity index (χ0) is 19.4. The summed E-state index contributed by atoms with van der Waals surface area (Å²) < 4.78 is 0. The van der Waals surface area contributed by atoms with Gasteiger partial charge in [0.25, 0.3) is 11.8 Å². The Hall–Kier alpha value is -2.96. The van der Waals surface area contributed by atoms with Crippen LogP contribution in [0.1, 0.15) is 43.4 Å². The highest BCUT2D eigenvalue weighted by atomic mass is 32.1. The first kappa shape index (κ1) is 18.8. The molecule has 0 radical (unpaired) electrons. The summed E-state index contributed by atoms with van der Waals surface area (Å²) in [6, 6.07) is 19.1. The highest BCUT2D eigenvalue weighted by Gasteiger charge is 2.16. The van der Waals surface area contributed by atoms with Crippen molar-refractivity contribution < 1.29 is 14.8 Å². The molecule has 1 aromatic heterocycles. The first-order valence-corrected chi connectivity index (χ1v) is 9.32. The van der Waals surface area contributed by atoms with E-state index >= 15 is 0 Å². The van der Waals surface area contributed by atoms with Crippen LogP contribution in [0.3, 0.4) is 0 Å². The molecule has 27 heavy (non-hydrogen) atoms. The fourth-order valence-corrected chi connectivity index (χ4v) is 3.66. The third kappa shape index (κ3) is 4.24. The Bertz CT molecular complexity index is 981. The smallest absolute Gasteiger partial charge is 0.284 e. The van der Waals surface area contributed by atoms with Gasteiger partial charge in [-0.15, -0.1) is 11.3 Å². The minimum Gasteiger partial charge on any atom is -0.345 e. The molecule has 0 saturated carbocycles. The second kappa shape index (κ2) is 8.16. The van der Waals surface area contributed by atoms with Crippen molar-refractivity contribution in [1.82, 2.24) is 10.8 Å². The molecule has 3 aromatic rings. The molecule has 1 heterocycles. The van der Waals surface area contributed by atoms with Crippen molar-refractivity contribution in [1.29, 1.82) is 0 Å². The van der Waals surface area contributed by atoms with Crippen molar-refractivity contribution >= 4 is 23.2 Å². The monoisotopic (exact) mass is 380 g/mol. The van der Waals surface area contributed by atoms with Gasteiger partial charge >= 0.3 is 0 Å². The van der Waals surface area contributed by atoms with Gasteiger partial charge in [-0.2, -0.15) is 0 Å². The van der Waals surface area contributed by atoms with E-state index in [0.717, 1.165) is 28.0 Å². The number of thiophene rings is 1. The maximum absolute atomic E-state index is 12.5. The van der Waals surface area contributed by atoms with Crippen molar-refractivity contribution in [3.05, 3.63) is 81.5 Å². The van der Waals surface area contributed by atoms with E-state index < -0.39 is 5.91 Å². The van der Waals surface area contributed by atoms with Crippen LogP contribution in [0.4, 0.5) is 0 Å². The summed E-state index contributed by atoms with van der Waals surface area (Å²) in [6.45, 7) is 3.99. The van der Waals surface area contributed by atoms with Gasteiger partial charge in [-0.25, -0.2) is 5.48 Å². The van der Waals surface area contributed by atoms with Crippen LogP contribution in [0.2, 0.25) is 0 Å². The topological polar surface area (TPSA) is 78.4 Å². The Morgan fingerprint density at radius 1 is 0.963 bits per heavy atom. The number of benzene rings is 2. The minimum absolute atomic E-state index is 0.196. The van der Waals surface area contributed by atoms with Crippen LogP contribution in [0.15, 0.2) is 60.7 Å². The van der Waals surface area contributed by atoms with Crippen LogP contribution in [0.25, 0.3) is 11.1 Å². The lowest BCUT2D eigenvalue weighted by atomic mass is 9.97. The number of carbonyl (C=O) groups is 2. The number of carbonyl (C=O) groups excluding carboxylic acids is 2. The molecule has 2 aromatic carbocycles. The zero-order valence-corrected chi connectivity index (χ0v) is 15.8. The largest absolute Gasteiger partial charge is 0.345 e. The molecule has 3 rings (SSSR count). The molecule has 1 unspecified atom stereocenters. The van der Waals surface area contributed by atoms with Crippen LogP contribution in [-0.2, 0) is 0 Å². The van der Waals surface area contributed by atoms with E-state index in [1.54, 1.807) is 11.5 Å². The standard InChI is InChI=1S/C21H20N2O3S/c1-13-6-3-4-9-17(13)16-8-5-7-15(12-16)14(2)22-20(24)18-10-11-19(27-18)21(25)23-26/h3-12,14,26H,1-2H3,(H,22,24)(H,23,25).